The minimum atomic E-state index is -0.352. The molecule has 0 fully saturated rings. The Bertz CT molecular complexity index is 708. The zero-order valence-electron chi connectivity index (χ0n) is 8.87. The Hall–Kier alpha value is -1.99. The number of benzene rings is 1. The van der Waals surface area contributed by atoms with Gasteiger partial charge in [-0.25, -0.2) is 9.78 Å². The Kier molecular flexibility index (Phi) is 2.69. The van der Waals surface area contributed by atoms with E-state index in [1.807, 2.05) is 0 Å². The molecule has 2 aromatic heterocycles. The third-order valence-electron chi connectivity index (χ3n) is 2.35. The van der Waals surface area contributed by atoms with E-state index in [4.69, 9.17) is 11.6 Å². The second-order valence-corrected chi connectivity index (χ2v) is 4.39. The minimum absolute atomic E-state index is 0.352. The maximum absolute atomic E-state index is 11.9. The molecule has 0 aliphatic carbocycles. The van der Waals surface area contributed by atoms with Crippen LogP contribution in [-0.4, -0.2) is 24.3 Å². The first-order chi connectivity index (χ1) is 8.75. The lowest BCUT2D eigenvalue weighted by Gasteiger charge is -2.07. The number of aromatic nitrogens is 4. The number of rotatable bonds is 1. The molecule has 3 aromatic rings. The average Bonchev–Trinajstić information content (AvgIpc) is 3.02. The Morgan fingerprint density at radius 2 is 2.28 bits per heavy atom. The lowest BCUT2D eigenvalue weighted by molar-refractivity contribution is 0.253. The summed E-state index contributed by atoms with van der Waals surface area (Å²) in [5, 5.41) is 3.12. The highest BCUT2D eigenvalue weighted by Gasteiger charge is 2.13. The van der Waals surface area contributed by atoms with Gasteiger partial charge in [0.25, 0.3) is 0 Å². The summed E-state index contributed by atoms with van der Waals surface area (Å²) in [6.07, 6.45) is 4.47. The normalized spacial score (nSPS) is 10.7. The van der Waals surface area contributed by atoms with Crippen molar-refractivity contribution in [3.63, 3.8) is 0 Å². The zero-order chi connectivity index (χ0) is 12.5. The highest BCUT2D eigenvalue weighted by Crippen LogP contribution is 2.29. The van der Waals surface area contributed by atoms with E-state index in [-0.39, 0.29) is 6.03 Å². The molecule has 0 saturated heterocycles. The van der Waals surface area contributed by atoms with E-state index in [0.29, 0.717) is 21.7 Å². The molecule has 0 radical (unpaired) electrons. The van der Waals surface area contributed by atoms with Crippen molar-refractivity contribution < 1.29 is 4.79 Å². The van der Waals surface area contributed by atoms with Gasteiger partial charge >= 0.3 is 6.03 Å². The summed E-state index contributed by atoms with van der Waals surface area (Å²) in [6, 6.07) is 3.08. The second kappa shape index (κ2) is 4.35. The maximum Gasteiger partial charge on any atom is 0.331 e. The topological polar surface area (TPSA) is 72.7 Å². The van der Waals surface area contributed by atoms with Crippen molar-refractivity contribution >= 4 is 46.1 Å². The summed E-state index contributed by atoms with van der Waals surface area (Å²) in [4.78, 5) is 15.7. The van der Waals surface area contributed by atoms with Crippen LogP contribution in [0.2, 0.25) is 5.02 Å². The molecule has 1 N–H and O–H groups in total. The summed E-state index contributed by atoms with van der Waals surface area (Å²) in [5.74, 6) is 0. The standard InChI is InChI=1S/C10H6ClN5OS/c11-6-1-2-7-9(15-18-14-7)8(6)13-10(17)16-4-3-12-5-16/h1-5H,(H,13,17). The lowest BCUT2D eigenvalue weighted by Crippen LogP contribution is -2.18. The Labute approximate surface area is 111 Å². The van der Waals surface area contributed by atoms with Gasteiger partial charge in [0.15, 0.2) is 0 Å². The van der Waals surface area contributed by atoms with Crippen molar-refractivity contribution in [1.82, 2.24) is 18.3 Å². The zero-order valence-corrected chi connectivity index (χ0v) is 10.4. The van der Waals surface area contributed by atoms with E-state index in [0.717, 1.165) is 11.7 Å². The Morgan fingerprint density at radius 3 is 3.06 bits per heavy atom. The average molecular weight is 280 g/mol. The third kappa shape index (κ3) is 1.83. The van der Waals surface area contributed by atoms with Crippen LogP contribution in [0.15, 0.2) is 30.9 Å². The fraction of sp³-hybridized carbons (Fsp3) is 0. The van der Waals surface area contributed by atoms with Crippen LogP contribution >= 0.6 is 23.3 Å². The van der Waals surface area contributed by atoms with Crippen LogP contribution in [0.1, 0.15) is 0 Å². The van der Waals surface area contributed by atoms with Crippen LogP contribution in [0.5, 0.6) is 0 Å². The lowest BCUT2D eigenvalue weighted by atomic mass is 10.2. The number of anilines is 1. The number of nitrogens with one attached hydrogen (secondary N) is 1. The van der Waals surface area contributed by atoms with Gasteiger partial charge < -0.3 is 5.32 Å². The van der Waals surface area contributed by atoms with Gasteiger partial charge in [0.2, 0.25) is 0 Å². The molecular formula is C10H6ClN5OS. The number of amides is 1. The van der Waals surface area contributed by atoms with Gasteiger partial charge in [-0.15, -0.1) is 0 Å². The quantitative estimate of drug-likeness (QED) is 0.743. The van der Waals surface area contributed by atoms with E-state index in [1.165, 1.54) is 17.1 Å². The van der Waals surface area contributed by atoms with Crippen molar-refractivity contribution in [3.8, 4) is 0 Å². The highest BCUT2D eigenvalue weighted by molar-refractivity contribution is 7.00. The number of halogens is 1. The molecule has 0 saturated carbocycles. The van der Waals surface area contributed by atoms with E-state index in [1.54, 1.807) is 18.3 Å². The first-order valence-corrected chi connectivity index (χ1v) is 6.06. The van der Waals surface area contributed by atoms with Gasteiger partial charge in [-0.3, -0.25) is 4.57 Å². The van der Waals surface area contributed by atoms with Crippen LogP contribution in [-0.2, 0) is 0 Å². The van der Waals surface area contributed by atoms with Gasteiger partial charge in [0, 0.05) is 12.4 Å². The molecule has 2 heterocycles. The number of hydrogen-bond acceptors (Lipinski definition) is 5. The first kappa shape index (κ1) is 11.1. The molecule has 0 spiro atoms. The van der Waals surface area contributed by atoms with Gasteiger partial charge in [0.05, 0.1) is 22.4 Å². The molecule has 6 nitrogen and oxygen atoms in total. The van der Waals surface area contributed by atoms with Gasteiger partial charge in [-0.2, -0.15) is 8.75 Å². The molecule has 0 bridgehead atoms. The minimum Gasteiger partial charge on any atom is -0.304 e. The molecule has 1 amide bonds. The maximum atomic E-state index is 11.9. The van der Waals surface area contributed by atoms with Crippen molar-refractivity contribution in [2.24, 2.45) is 0 Å². The summed E-state index contributed by atoms with van der Waals surface area (Å²) in [6.45, 7) is 0. The smallest absolute Gasteiger partial charge is 0.304 e. The molecule has 0 atom stereocenters. The predicted octanol–water partition coefficient (Wildman–Crippen LogP) is 2.62. The van der Waals surface area contributed by atoms with E-state index >= 15 is 0 Å². The summed E-state index contributed by atoms with van der Waals surface area (Å²) >= 11 is 7.13. The Balaban J connectivity index is 2.02. The van der Waals surface area contributed by atoms with Crippen molar-refractivity contribution in [2.75, 3.05) is 5.32 Å². The number of hydrogen-bond donors (Lipinski definition) is 1. The second-order valence-electron chi connectivity index (χ2n) is 3.45. The highest BCUT2D eigenvalue weighted by atomic mass is 35.5. The van der Waals surface area contributed by atoms with Gasteiger partial charge in [-0.1, -0.05) is 11.6 Å². The molecule has 8 heteroatoms. The first-order valence-electron chi connectivity index (χ1n) is 4.96. The molecule has 1 aromatic carbocycles. The van der Waals surface area contributed by atoms with Crippen LogP contribution in [0.3, 0.4) is 0 Å². The summed E-state index contributed by atoms with van der Waals surface area (Å²) in [7, 11) is 0. The molecule has 0 aliphatic heterocycles. The number of imidazole rings is 1. The van der Waals surface area contributed by atoms with Crippen molar-refractivity contribution in [3.05, 3.63) is 35.9 Å². The van der Waals surface area contributed by atoms with Crippen molar-refractivity contribution in [1.29, 1.82) is 0 Å². The molecular weight excluding hydrogens is 274 g/mol. The van der Waals surface area contributed by atoms with Gasteiger partial charge in [0.1, 0.15) is 17.4 Å². The van der Waals surface area contributed by atoms with E-state index < -0.39 is 0 Å². The fourth-order valence-corrected chi connectivity index (χ4v) is 2.24. The largest absolute Gasteiger partial charge is 0.331 e. The Morgan fingerprint density at radius 1 is 1.39 bits per heavy atom. The fourth-order valence-electron chi connectivity index (χ4n) is 1.50. The summed E-state index contributed by atoms with van der Waals surface area (Å²) in [5.41, 5.74) is 1.74. The molecule has 0 aliphatic rings. The van der Waals surface area contributed by atoms with Gasteiger partial charge in [-0.05, 0) is 12.1 Å². The predicted molar refractivity (Wildman–Crippen MR) is 69.1 cm³/mol. The molecule has 18 heavy (non-hydrogen) atoms. The van der Waals surface area contributed by atoms with Crippen LogP contribution in [0.25, 0.3) is 11.0 Å². The number of fused-ring (bicyclic) bond motifs is 1. The van der Waals surface area contributed by atoms with E-state index in [2.05, 4.69) is 19.0 Å². The molecule has 0 unspecified atom stereocenters. The number of carbonyl (C=O) groups is 1. The third-order valence-corrected chi connectivity index (χ3v) is 3.21. The number of carbonyl (C=O) groups excluding carboxylic acids is 1. The van der Waals surface area contributed by atoms with Crippen molar-refractivity contribution in [2.45, 2.75) is 0 Å². The molecule has 90 valence electrons. The van der Waals surface area contributed by atoms with Crippen LogP contribution in [0, 0.1) is 0 Å². The SMILES string of the molecule is O=C(Nc1c(Cl)ccc2nsnc12)n1ccnc1. The van der Waals surface area contributed by atoms with Crippen LogP contribution < -0.4 is 5.32 Å². The van der Waals surface area contributed by atoms with E-state index in [9.17, 15) is 4.79 Å². The molecule has 3 rings (SSSR count). The van der Waals surface area contributed by atoms with Crippen LogP contribution in [0.4, 0.5) is 10.5 Å². The summed E-state index contributed by atoms with van der Waals surface area (Å²) < 4.78 is 9.53. The number of nitrogens with zero attached hydrogens (tertiary/aromatic N) is 4. The monoisotopic (exact) mass is 279 g/mol.